The van der Waals surface area contributed by atoms with E-state index in [0.29, 0.717) is 16.8 Å². The van der Waals surface area contributed by atoms with Gasteiger partial charge in [0.2, 0.25) is 0 Å². The molecule has 0 aliphatic heterocycles. The van der Waals surface area contributed by atoms with E-state index in [4.69, 9.17) is 10.3 Å². The summed E-state index contributed by atoms with van der Waals surface area (Å²) in [6, 6.07) is 4.04. The van der Waals surface area contributed by atoms with Crippen molar-refractivity contribution in [2.24, 2.45) is 0 Å². The number of nitrogens with zero attached hydrogens (tertiary/aromatic N) is 2. The molecule has 2 rings (SSSR count). The van der Waals surface area contributed by atoms with E-state index in [1.165, 1.54) is 0 Å². The average molecular weight is 291 g/mol. The maximum absolute atomic E-state index is 6.10. The maximum atomic E-state index is 6.10. The van der Waals surface area contributed by atoms with E-state index >= 15 is 0 Å². The molecule has 2 aromatic rings. The van der Waals surface area contributed by atoms with Crippen LogP contribution in [0.4, 0.5) is 5.69 Å². The third-order valence-electron chi connectivity index (χ3n) is 3.30. The first kappa shape index (κ1) is 14.9. The molecule has 5 heteroatoms. The minimum absolute atomic E-state index is 0.508. The monoisotopic (exact) mass is 291 g/mol. The van der Waals surface area contributed by atoms with Gasteiger partial charge in [-0.1, -0.05) is 25.1 Å². The number of nitrogen functional groups attached to an aromatic ring is 1. The second-order valence-electron chi connectivity index (χ2n) is 5.09. The summed E-state index contributed by atoms with van der Waals surface area (Å²) in [7, 11) is 0. The van der Waals surface area contributed by atoms with Gasteiger partial charge in [0, 0.05) is 10.9 Å². The van der Waals surface area contributed by atoms with Crippen molar-refractivity contribution in [2.45, 2.75) is 45.1 Å². The van der Waals surface area contributed by atoms with E-state index in [0.717, 1.165) is 34.7 Å². The number of benzene rings is 1. The predicted octanol–water partition coefficient (Wildman–Crippen LogP) is 3.97. The molecule has 0 bridgehead atoms. The molecule has 4 nitrogen and oxygen atoms in total. The minimum Gasteiger partial charge on any atom is -0.398 e. The zero-order valence-corrected chi connectivity index (χ0v) is 13.3. The summed E-state index contributed by atoms with van der Waals surface area (Å²) >= 11 is 1.83. The van der Waals surface area contributed by atoms with Gasteiger partial charge >= 0.3 is 0 Å². The Labute approximate surface area is 124 Å². The molecule has 1 aromatic carbocycles. The normalized spacial score (nSPS) is 12.6. The molecule has 2 N–H and O–H groups in total. The molecule has 0 aliphatic rings. The van der Waals surface area contributed by atoms with Crippen molar-refractivity contribution in [1.29, 1.82) is 0 Å². The first-order chi connectivity index (χ1) is 9.51. The molecule has 0 saturated carbocycles. The molecular formula is C15H21N3OS. The van der Waals surface area contributed by atoms with Crippen LogP contribution in [0.15, 0.2) is 16.7 Å². The SMILES string of the molecule is CCC(C)SCc1noc(-c2cc(C)cc(C)c2N)n1. The van der Waals surface area contributed by atoms with Gasteiger partial charge in [-0.25, -0.2) is 0 Å². The molecule has 0 radical (unpaired) electrons. The standard InChI is InChI=1S/C15H21N3OS/c1-5-11(4)20-8-13-17-15(19-18-13)12-7-9(2)6-10(3)14(12)16/h6-7,11H,5,8,16H2,1-4H3. The zero-order chi connectivity index (χ0) is 14.7. The van der Waals surface area contributed by atoms with Crippen LogP contribution in [0, 0.1) is 13.8 Å². The van der Waals surface area contributed by atoms with E-state index in [2.05, 4.69) is 30.1 Å². The summed E-state index contributed by atoms with van der Waals surface area (Å²) in [5.41, 5.74) is 9.82. The van der Waals surface area contributed by atoms with Crippen LogP contribution < -0.4 is 5.73 Å². The van der Waals surface area contributed by atoms with Crippen LogP contribution >= 0.6 is 11.8 Å². The smallest absolute Gasteiger partial charge is 0.260 e. The molecule has 1 unspecified atom stereocenters. The quantitative estimate of drug-likeness (QED) is 0.844. The largest absolute Gasteiger partial charge is 0.398 e. The summed E-state index contributed by atoms with van der Waals surface area (Å²) < 4.78 is 5.35. The van der Waals surface area contributed by atoms with Crippen LogP contribution in [0.2, 0.25) is 0 Å². The molecule has 108 valence electrons. The van der Waals surface area contributed by atoms with Gasteiger partial charge in [0.25, 0.3) is 5.89 Å². The first-order valence-corrected chi connectivity index (χ1v) is 7.87. The van der Waals surface area contributed by atoms with Gasteiger partial charge in [0.05, 0.1) is 11.3 Å². The highest BCUT2D eigenvalue weighted by Crippen LogP contribution is 2.29. The molecule has 0 saturated heterocycles. The lowest BCUT2D eigenvalue weighted by Gasteiger charge is -2.06. The Bertz CT molecular complexity index is 595. The Balaban J connectivity index is 2.21. The van der Waals surface area contributed by atoms with Crippen molar-refractivity contribution in [3.05, 3.63) is 29.1 Å². The molecule has 0 amide bonds. The van der Waals surface area contributed by atoms with E-state index in [1.54, 1.807) is 0 Å². The Hall–Kier alpha value is -1.49. The summed E-state index contributed by atoms with van der Waals surface area (Å²) in [4.78, 5) is 4.45. The highest BCUT2D eigenvalue weighted by molar-refractivity contribution is 7.99. The van der Waals surface area contributed by atoms with Crippen LogP contribution in [0.25, 0.3) is 11.5 Å². The number of thioether (sulfide) groups is 1. The van der Waals surface area contributed by atoms with Crippen molar-refractivity contribution in [1.82, 2.24) is 10.1 Å². The molecule has 0 fully saturated rings. The number of anilines is 1. The second kappa shape index (κ2) is 6.31. The Morgan fingerprint density at radius 3 is 2.80 bits per heavy atom. The van der Waals surface area contributed by atoms with Crippen molar-refractivity contribution >= 4 is 17.4 Å². The Morgan fingerprint density at radius 2 is 2.10 bits per heavy atom. The molecule has 1 atom stereocenters. The topological polar surface area (TPSA) is 64.9 Å². The molecule has 0 spiro atoms. The van der Waals surface area contributed by atoms with Crippen LogP contribution in [-0.4, -0.2) is 15.4 Å². The van der Waals surface area contributed by atoms with Gasteiger partial charge in [-0.3, -0.25) is 0 Å². The van der Waals surface area contributed by atoms with Crippen molar-refractivity contribution in [3.63, 3.8) is 0 Å². The highest BCUT2D eigenvalue weighted by atomic mass is 32.2. The van der Waals surface area contributed by atoms with Crippen LogP contribution in [0.5, 0.6) is 0 Å². The number of rotatable bonds is 5. The molecule has 1 aromatic heterocycles. The van der Waals surface area contributed by atoms with Gasteiger partial charge in [0.15, 0.2) is 5.82 Å². The van der Waals surface area contributed by atoms with E-state index < -0.39 is 0 Å². The summed E-state index contributed by atoms with van der Waals surface area (Å²) in [6.07, 6.45) is 1.14. The summed E-state index contributed by atoms with van der Waals surface area (Å²) in [5.74, 6) is 2.00. The number of nitrogens with two attached hydrogens (primary N) is 1. The zero-order valence-electron chi connectivity index (χ0n) is 12.4. The number of aromatic nitrogens is 2. The highest BCUT2D eigenvalue weighted by Gasteiger charge is 2.14. The lowest BCUT2D eigenvalue weighted by atomic mass is 10.0. The average Bonchev–Trinajstić information content (AvgIpc) is 2.88. The lowest BCUT2D eigenvalue weighted by molar-refractivity contribution is 0.425. The Morgan fingerprint density at radius 1 is 1.35 bits per heavy atom. The fourth-order valence-corrected chi connectivity index (χ4v) is 2.70. The van der Waals surface area contributed by atoms with Crippen molar-refractivity contribution < 1.29 is 4.52 Å². The lowest BCUT2D eigenvalue weighted by Crippen LogP contribution is -1.96. The number of hydrogen-bond donors (Lipinski definition) is 1. The molecule has 0 aliphatic carbocycles. The molecule has 20 heavy (non-hydrogen) atoms. The van der Waals surface area contributed by atoms with Gasteiger partial charge < -0.3 is 10.3 Å². The fourth-order valence-electron chi connectivity index (χ4n) is 1.91. The number of aryl methyl sites for hydroxylation is 2. The molecular weight excluding hydrogens is 270 g/mol. The molecule has 1 heterocycles. The van der Waals surface area contributed by atoms with Crippen molar-refractivity contribution in [3.8, 4) is 11.5 Å². The summed E-state index contributed by atoms with van der Waals surface area (Å²) in [6.45, 7) is 8.40. The van der Waals surface area contributed by atoms with Crippen LogP contribution in [0.3, 0.4) is 0 Å². The van der Waals surface area contributed by atoms with Crippen LogP contribution in [-0.2, 0) is 5.75 Å². The third kappa shape index (κ3) is 3.33. The van der Waals surface area contributed by atoms with Gasteiger partial charge in [-0.2, -0.15) is 16.7 Å². The summed E-state index contributed by atoms with van der Waals surface area (Å²) in [5, 5.41) is 4.64. The van der Waals surface area contributed by atoms with Crippen molar-refractivity contribution in [2.75, 3.05) is 5.73 Å². The number of hydrogen-bond acceptors (Lipinski definition) is 5. The fraction of sp³-hybridized carbons (Fsp3) is 0.467. The van der Waals surface area contributed by atoms with Gasteiger partial charge in [0.1, 0.15) is 0 Å². The van der Waals surface area contributed by atoms with Gasteiger partial charge in [-0.15, -0.1) is 0 Å². The second-order valence-corrected chi connectivity index (χ2v) is 6.52. The maximum Gasteiger partial charge on any atom is 0.260 e. The minimum atomic E-state index is 0.508. The first-order valence-electron chi connectivity index (χ1n) is 6.82. The third-order valence-corrected chi connectivity index (χ3v) is 4.63. The van der Waals surface area contributed by atoms with E-state index in [-0.39, 0.29) is 0 Å². The van der Waals surface area contributed by atoms with E-state index in [1.807, 2.05) is 31.7 Å². The van der Waals surface area contributed by atoms with Crippen LogP contribution in [0.1, 0.15) is 37.2 Å². The Kier molecular flexibility index (Phi) is 4.70. The van der Waals surface area contributed by atoms with E-state index in [9.17, 15) is 0 Å². The predicted molar refractivity (Wildman–Crippen MR) is 84.7 cm³/mol. The van der Waals surface area contributed by atoms with Gasteiger partial charge in [-0.05, 0) is 37.5 Å².